The summed E-state index contributed by atoms with van der Waals surface area (Å²) in [6.07, 6.45) is -3.44. The Morgan fingerprint density at radius 2 is 1.87 bits per heavy atom. The second-order valence-corrected chi connectivity index (χ2v) is 9.16. The highest BCUT2D eigenvalue weighted by molar-refractivity contribution is 6.31. The van der Waals surface area contributed by atoms with Gasteiger partial charge in [-0.25, -0.2) is 9.37 Å². The number of nitrogens with one attached hydrogen (secondary N) is 1. The van der Waals surface area contributed by atoms with Crippen LogP contribution < -0.4 is 14.8 Å². The first kappa shape index (κ1) is 27.6. The number of halogens is 5. The van der Waals surface area contributed by atoms with E-state index in [1.165, 1.54) is 37.4 Å². The average molecular weight is 555 g/mol. The van der Waals surface area contributed by atoms with E-state index in [-0.39, 0.29) is 39.3 Å². The summed E-state index contributed by atoms with van der Waals surface area (Å²) >= 11 is 5.80. The minimum atomic E-state index is -5.28. The zero-order valence-electron chi connectivity index (χ0n) is 20.0. The molecule has 1 heterocycles. The highest BCUT2D eigenvalue weighted by atomic mass is 35.5. The van der Waals surface area contributed by atoms with Crippen molar-refractivity contribution in [1.29, 1.82) is 0 Å². The van der Waals surface area contributed by atoms with Crippen LogP contribution in [0.5, 0.6) is 11.5 Å². The van der Waals surface area contributed by atoms with E-state index in [4.69, 9.17) is 21.1 Å². The quantitative estimate of drug-likeness (QED) is 0.330. The number of aromatic nitrogens is 1. The number of pyridine rings is 1. The Labute approximate surface area is 220 Å². The smallest absolute Gasteiger partial charge is 0.424 e. The summed E-state index contributed by atoms with van der Waals surface area (Å²) in [6, 6.07) is 9.73. The largest absolute Gasteiger partial charge is 0.493 e. The summed E-state index contributed by atoms with van der Waals surface area (Å²) in [6.45, 7) is -1.96. The molecule has 3 N–H and O–H groups in total. The number of carbonyl (C=O) groups excluding carboxylic acids is 1. The normalized spacial score (nSPS) is 15.1. The Balaban J connectivity index is 1.63. The van der Waals surface area contributed by atoms with Gasteiger partial charge in [-0.3, -0.25) is 4.79 Å². The number of nitrogens with zero attached hydrogens (tertiary/aromatic N) is 1. The number of rotatable bonds is 9. The number of aliphatic hydroxyl groups is 2. The second-order valence-electron chi connectivity index (χ2n) is 8.76. The van der Waals surface area contributed by atoms with Crippen molar-refractivity contribution in [3.63, 3.8) is 0 Å². The summed E-state index contributed by atoms with van der Waals surface area (Å²) in [5.41, 5.74) is -4.48. The van der Waals surface area contributed by atoms with Gasteiger partial charge in [-0.2, -0.15) is 13.2 Å². The molecule has 1 aliphatic rings. The molecule has 1 unspecified atom stereocenters. The molecular formula is C26H23ClF4N2O5. The van der Waals surface area contributed by atoms with Gasteiger partial charge in [0.2, 0.25) is 5.60 Å². The lowest BCUT2D eigenvalue weighted by Gasteiger charge is -2.31. The summed E-state index contributed by atoms with van der Waals surface area (Å²) in [5, 5.41) is 22.3. The Morgan fingerprint density at radius 3 is 2.47 bits per heavy atom. The Kier molecular flexibility index (Phi) is 7.82. The van der Waals surface area contributed by atoms with Crippen molar-refractivity contribution < 1.29 is 42.0 Å². The number of carbonyl (C=O) groups is 1. The third-order valence-corrected chi connectivity index (χ3v) is 6.21. The minimum absolute atomic E-state index is 0.00423. The van der Waals surface area contributed by atoms with Crippen molar-refractivity contribution in [1.82, 2.24) is 10.3 Å². The number of hydrogen-bond acceptors (Lipinski definition) is 6. The van der Waals surface area contributed by atoms with E-state index in [1.54, 1.807) is 0 Å². The molecule has 0 spiro atoms. The van der Waals surface area contributed by atoms with Crippen molar-refractivity contribution in [3.05, 3.63) is 76.2 Å². The highest BCUT2D eigenvalue weighted by Gasteiger charge is 2.56. The van der Waals surface area contributed by atoms with E-state index in [2.05, 4.69) is 10.3 Å². The predicted molar refractivity (Wildman–Crippen MR) is 129 cm³/mol. The van der Waals surface area contributed by atoms with Crippen LogP contribution in [0.4, 0.5) is 17.6 Å². The maximum Gasteiger partial charge on any atom is 0.424 e. The second kappa shape index (κ2) is 10.8. The molecule has 1 aliphatic carbocycles. The molecule has 2 aromatic carbocycles. The lowest BCUT2D eigenvalue weighted by Crippen LogP contribution is -2.51. The molecule has 0 saturated heterocycles. The van der Waals surface area contributed by atoms with Crippen molar-refractivity contribution in [2.75, 3.05) is 13.7 Å². The van der Waals surface area contributed by atoms with Crippen LogP contribution in [0.2, 0.25) is 5.02 Å². The first-order valence-corrected chi connectivity index (χ1v) is 11.8. The molecule has 1 saturated carbocycles. The van der Waals surface area contributed by atoms with Crippen LogP contribution >= 0.6 is 11.6 Å². The monoisotopic (exact) mass is 554 g/mol. The van der Waals surface area contributed by atoms with Gasteiger partial charge in [-0.1, -0.05) is 11.6 Å². The van der Waals surface area contributed by atoms with E-state index in [9.17, 15) is 32.6 Å². The molecule has 7 nitrogen and oxygen atoms in total. The van der Waals surface area contributed by atoms with Crippen molar-refractivity contribution in [3.8, 4) is 22.8 Å². The van der Waals surface area contributed by atoms with Gasteiger partial charge < -0.3 is 25.0 Å². The average Bonchev–Trinajstić information content (AvgIpc) is 3.72. The van der Waals surface area contributed by atoms with Gasteiger partial charge in [0.1, 0.15) is 5.82 Å². The van der Waals surface area contributed by atoms with Gasteiger partial charge in [-0.05, 0) is 66.9 Å². The number of methoxy groups -OCH3 is 1. The van der Waals surface area contributed by atoms with Crippen LogP contribution in [0.25, 0.3) is 11.3 Å². The predicted octanol–water partition coefficient (Wildman–Crippen LogP) is 4.76. The third kappa shape index (κ3) is 5.85. The first-order chi connectivity index (χ1) is 17.9. The van der Waals surface area contributed by atoms with Crippen molar-refractivity contribution in [2.45, 2.75) is 37.3 Å². The van der Waals surface area contributed by atoms with Crippen LogP contribution in [0.3, 0.4) is 0 Å². The zero-order valence-corrected chi connectivity index (χ0v) is 20.7. The van der Waals surface area contributed by atoms with E-state index < -0.39 is 42.3 Å². The maximum absolute atomic E-state index is 14.2. The fraction of sp³-hybridized carbons (Fsp3) is 0.308. The van der Waals surface area contributed by atoms with Gasteiger partial charge in [0.25, 0.3) is 5.91 Å². The van der Waals surface area contributed by atoms with Crippen LogP contribution in [-0.4, -0.2) is 47.0 Å². The van der Waals surface area contributed by atoms with E-state index >= 15 is 0 Å². The molecule has 4 rings (SSSR count). The molecule has 38 heavy (non-hydrogen) atoms. The fourth-order valence-corrected chi connectivity index (χ4v) is 3.79. The molecule has 1 fully saturated rings. The molecule has 1 amide bonds. The highest BCUT2D eigenvalue weighted by Crippen LogP contribution is 2.39. The Bertz CT molecular complexity index is 1350. The molecule has 1 atom stereocenters. The van der Waals surface area contributed by atoms with Gasteiger partial charge in [-0.15, -0.1) is 0 Å². The number of alkyl halides is 3. The van der Waals surface area contributed by atoms with Crippen LogP contribution in [0.1, 0.15) is 34.5 Å². The lowest BCUT2D eigenvalue weighted by atomic mass is 9.95. The van der Waals surface area contributed by atoms with Crippen LogP contribution in [0.15, 0.2) is 48.5 Å². The summed E-state index contributed by atoms with van der Waals surface area (Å²) in [4.78, 5) is 16.7. The number of benzene rings is 2. The molecule has 0 aliphatic heterocycles. The summed E-state index contributed by atoms with van der Waals surface area (Å²) in [5.74, 6) is -1.02. The Morgan fingerprint density at radius 1 is 1.13 bits per heavy atom. The van der Waals surface area contributed by atoms with E-state index in [0.29, 0.717) is 5.75 Å². The van der Waals surface area contributed by atoms with Gasteiger partial charge in [0, 0.05) is 11.1 Å². The SMILES string of the molecule is COc1cc(C(=O)NCC(O)(c2cc(CO)cc(-c3ccc(F)c(Cl)c3)n2)C(F)(F)F)ccc1OC1CC1. The van der Waals surface area contributed by atoms with Crippen molar-refractivity contribution >= 4 is 17.5 Å². The summed E-state index contributed by atoms with van der Waals surface area (Å²) in [7, 11) is 1.37. The van der Waals surface area contributed by atoms with Gasteiger partial charge >= 0.3 is 6.18 Å². The third-order valence-electron chi connectivity index (χ3n) is 5.92. The number of amides is 1. The summed E-state index contributed by atoms with van der Waals surface area (Å²) < 4.78 is 67.2. The molecule has 0 radical (unpaired) electrons. The van der Waals surface area contributed by atoms with Crippen molar-refractivity contribution in [2.24, 2.45) is 0 Å². The molecular weight excluding hydrogens is 532 g/mol. The number of ether oxygens (including phenoxy) is 2. The molecule has 0 bridgehead atoms. The number of aliphatic hydroxyl groups excluding tert-OH is 1. The van der Waals surface area contributed by atoms with Gasteiger partial charge in [0.05, 0.1) is 42.8 Å². The maximum atomic E-state index is 14.2. The van der Waals surface area contributed by atoms with Crippen LogP contribution in [0, 0.1) is 5.82 Å². The fourth-order valence-electron chi connectivity index (χ4n) is 3.61. The number of hydrogen-bond donors (Lipinski definition) is 3. The lowest BCUT2D eigenvalue weighted by molar-refractivity contribution is -0.265. The van der Waals surface area contributed by atoms with Crippen LogP contribution in [-0.2, 0) is 12.2 Å². The Hall–Kier alpha value is -3.41. The molecule has 3 aromatic rings. The molecule has 12 heteroatoms. The first-order valence-electron chi connectivity index (χ1n) is 11.4. The van der Waals surface area contributed by atoms with Gasteiger partial charge in [0.15, 0.2) is 11.5 Å². The zero-order chi connectivity index (χ0) is 27.7. The minimum Gasteiger partial charge on any atom is -0.493 e. The van der Waals surface area contributed by atoms with E-state index in [0.717, 1.165) is 31.0 Å². The van der Waals surface area contributed by atoms with E-state index in [1.807, 2.05) is 0 Å². The molecule has 202 valence electrons. The standard InChI is InChI=1S/C26H23ClF4N2O5/c1-37-22-11-16(3-7-21(22)38-17-4-5-17)24(35)32-13-25(36,26(29,30)31)23-9-14(12-34)8-20(33-23)15-2-6-19(28)18(27)10-15/h2-3,6-11,17,34,36H,4-5,12-13H2,1H3,(H,32,35). The topological polar surface area (TPSA) is 101 Å². The molecule has 1 aromatic heterocycles.